The zero-order chi connectivity index (χ0) is 8.93. The van der Waals surface area contributed by atoms with Crippen molar-refractivity contribution in [3.05, 3.63) is 12.2 Å². The highest BCUT2D eigenvalue weighted by Gasteiger charge is 2.16. The van der Waals surface area contributed by atoms with Crippen LogP contribution in [0.2, 0.25) is 0 Å². The highest BCUT2D eigenvalue weighted by atomic mass is 16.5. The number of allylic oxidation sites excluding steroid dienone is 1. The van der Waals surface area contributed by atoms with Crippen LogP contribution in [-0.4, -0.2) is 25.3 Å². The molecule has 2 heteroatoms. The number of hydrogen-bond acceptors (Lipinski definition) is 2. The minimum Gasteiger partial charge on any atom is -0.373 e. The van der Waals surface area contributed by atoms with E-state index in [1.54, 1.807) is 0 Å². The molecule has 1 aliphatic carbocycles. The Morgan fingerprint density at radius 2 is 2.31 bits per heavy atom. The van der Waals surface area contributed by atoms with Crippen LogP contribution in [0.4, 0.5) is 0 Å². The molecule has 1 aliphatic heterocycles. The topological polar surface area (TPSA) is 21.3 Å². The van der Waals surface area contributed by atoms with Gasteiger partial charge in [-0.05, 0) is 38.6 Å². The van der Waals surface area contributed by atoms with E-state index in [2.05, 4.69) is 17.5 Å². The summed E-state index contributed by atoms with van der Waals surface area (Å²) in [6.45, 7) is 2.07. The lowest BCUT2D eigenvalue weighted by atomic mass is 10.1. The number of nitrogens with one attached hydrogen (secondary N) is 1. The van der Waals surface area contributed by atoms with Gasteiger partial charge >= 0.3 is 0 Å². The fourth-order valence-corrected chi connectivity index (χ4v) is 2.06. The van der Waals surface area contributed by atoms with Crippen molar-refractivity contribution in [1.82, 2.24) is 5.32 Å². The van der Waals surface area contributed by atoms with E-state index in [9.17, 15) is 0 Å². The summed E-state index contributed by atoms with van der Waals surface area (Å²) < 4.78 is 5.82. The molecule has 1 N–H and O–H groups in total. The second-order valence-corrected chi connectivity index (χ2v) is 4.02. The lowest BCUT2D eigenvalue weighted by molar-refractivity contribution is 0.0619. The van der Waals surface area contributed by atoms with Gasteiger partial charge in [-0.2, -0.15) is 0 Å². The van der Waals surface area contributed by atoms with Crippen molar-refractivity contribution in [3.8, 4) is 0 Å². The van der Waals surface area contributed by atoms with E-state index in [-0.39, 0.29) is 0 Å². The SMILES string of the molecule is C1=CC(OCC2CCCN2)CCC1. The molecular weight excluding hydrogens is 162 g/mol. The third-order valence-electron chi connectivity index (χ3n) is 2.88. The molecule has 1 saturated heterocycles. The Kier molecular flexibility index (Phi) is 3.39. The van der Waals surface area contributed by atoms with E-state index in [4.69, 9.17) is 4.74 Å². The van der Waals surface area contributed by atoms with Crippen molar-refractivity contribution < 1.29 is 4.74 Å². The Hall–Kier alpha value is -0.340. The summed E-state index contributed by atoms with van der Waals surface area (Å²) in [6.07, 6.45) is 11.2. The van der Waals surface area contributed by atoms with Crippen LogP contribution in [0.1, 0.15) is 32.1 Å². The van der Waals surface area contributed by atoms with Crippen LogP contribution in [0.15, 0.2) is 12.2 Å². The monoisotopic (exact) mass is 181 g/mol. The first-order valence-corrected chi connectivity index (χ1v) is 5.47. The summed E-state index contributed by atoms with van der Waals surface area (Å²) in [5.74, 6) is 0. The third kappa shape index (κ3) is 2.82. The van der Waals surface area contributed by atoms with Crippen molar-refractivity contribution in [2.75, 3.05) is 13.2 Å². The summed E-state index contributed by atoms with van der Waals surface area (Å²) in [7, 11) is 0. The van der Waals surface area contributed by atoms with Crippen LogP contribution in [0.25, 0.3) is 0 Å². The van der Waals surface area contributed by atoms with Crippen LogP contribution in [0.3, 0.4) is 0 Å². The van der Waals surface area contributed by atoms with E-state index in [1.165, 1.54) is 38.6 Å². The van der Waals surface area contributed by atoms with Crippen LogP contribution in [-0.2, 0) is 4.74 Å². The normalized spacial score (nSPS) is 33.8. The Morgan fingerprint density at radius 3 is 3.00 bits per heavy atom. The molecule has 13 heavy (non-hydrogen) atoms. The van der Waals surface area contributed by atoms with Gasteiger partial charge in [-0.1, -0.05) is 12.2 Å². The molecule has 1 fully saturated rings. The zero-order valence-corrected chi connectivity index (χ0v) is 8.17. The van der Waals surface area contributed by atoms with Crippen molar-refractivity contribution in [1.29, 1.82) is 0 Å². The first-order chi connectivity index (χ1) is 6.45. The fourth-order valence-electron chi connectivity index (χ4n) is 2.06. The van der Waals surface area contributed by atoms with Gasteiger partial charge in [0.1, 0.15) is 0 Å². The molecule has 0 radical (unpaired) electrons. The molecule has 1 heterocycles. The van der Waals surface area contributed by atoms with Gasteiger partial charge in [0.2, 0.25) is 0 Å². The maximum absolute atomic E-state index is 5.82. The van der Waals surface area contributed by atoms with Gasteiger partial charge in [0.05, 0.1) is 12.7 Å². The molecule has 0 aromatic carbocycles. The van der Waals surface area contributed by atoms with Gasteiger partial charge in [0.25, 0.3) is 0 Å². The molecule has 2 rings (SSSR count). The molecule has 2 aliphatic rings. The van der Waals surface area contributed by atoms with Crippen molar-refractivity contribution in [2.45, 2.75) is 44.2 Å². The molecule has 2 nitrogen and oxygen atoms in total. The summed E-state index contributed by atoms with van der Waals surface area (Å²) >= 11 is 0. The minimum absolute atomic E-state index is 0.399. The smallest absolute Gasteiger partial charge is 0.0756 e. The highest BCUT2D eigenvalue weighted by molar-refractivity contribution is 4.94. The summed E-state index contributed by atoms with van der Waals surface area (Å²) in [6, 6.07) is 0.621. The largest absolute Gasteiger partial charge is 0.373 e. The van der Waals surface area contributed by atoms with E-state index in [0.717, 1.165) is 6.61 Å². The van der Waals surface area contributed by atoms with Crippen LogP contribution in [0.5, 0.6) is 0 Å². The summed E-state index contributed by atoms with van der Waals surface area (Å²) in [5, 5.41) is 3.45. The van der Waals surface area contributed by atoms with Gasteiger partial charge in [0.15, 0.2) is 0 Å². The molecule has 2 atom stereocenters. The van der Waals surface area contributed by atoms with Crippen molar-refractivity contribution in [3.63, 3.8) is 0 Å². The Morgan fingerprint density at radius 1 is 1.31 bits per heavy atom. The fraction of sp³-hybridized carbons (Fsp3) is 0.818. The van der Waals surface area contributed by atoms with Gasteiger partial charge in [0, 0.05) is 6.04 Å². The predicted molar refractivity (Wildman–Crippen MR) is 53.8 cm³/mol. The molecule has 0 aromatic rings. The van der Waals surface area contributed by atoms with E-state index >= 15 is 0 Å². The molecular formula is C11H19NO. The third-order valence-corrected chi connectivity index (χ3v) is 2.88. The number of rotatable bonds is 3. The maximum Gasteiger partial charge on any atom is 0.0756 e. The lowest BCUT2D eigenvalue weighted by Crippen LogP contribution is -2.29. The zero-order valence-electron chi connectivity index (χ0n) is 8.17. The average molecular weight is 181 g/mol. The van der Waals surface area contributed by atoms with Crippen molar-refractivity contribution in [2.24, 2.45) is 0 Å². The molecule has 0 saturated carbocycles. The van der Waals surface area contributed by atoms with E-state index < -0.39 is 0 Å². The molecule has 0 amide bonds. The second-order valence-electron chi connectivity index (χ2n) is 4.02. The highest BCUT2D eigenvalue weighted by Crippen LogP contribution is 2.15. The average Bonchev–Trinajstić information content (AvgIpc) is 2.69. The number of ether oxygens (including phenoxy) is 1. The van der Waals surface area contributed by atoms with Gasteiger partial charge in [-0.15, -0.1) is 0 Å². The molecule has 0 bridgehead atoms. The van der Waals surface area contributed by atoms with E-state index in [1.807, 2.05) is 0 Å². The Labute approximate surface area is 80.4 Å². The lowest BCUT2D eigenvalue weighted by Gasteiger charge is -2.19. The van der Waals surface area contributed by atoms with Crippen molar-refractivity contribution >= 4 is 0 Å². The summed E-state index contributed by atoms with van der Waals surface area (Å²) in [5.41, 5.74) is 0. The molecule has 2 unspecified atom stereocenters. The quantitative estimate of drug-likeness (QED) is 0.671. The summed E-state index contributed by atoms with van der Waals surface area (Å²) in [4.78, 5) is 0. The maximum atomic E-state index is 5.82. The van der Waals surface area contributed by atoms with Crippen LogP contribution < -0.4 is 5.32 Å². The molecule has 0 aromatic heterocycles. The van der Waals surface area contributed by atoms with E-state index in [0.29, 0.717) is 12.1 Å². The minimum atomic E-state index is 0.399. The second kappa shape index (κ2) is 4.77. The first kappa shape index (κ1) is 9.22. The predicted octanol–water partition coefficient (Wildman–Crippen LogP) is 1.86. The van der Waals surface area contributed by atoms with Gasteiger partial charge in [-0.25, -0.2) is 0 Å². The Bertz CT molecular complexity index is 173. The van der Waals surface area contributed by atoms with Gasteiger partial charge < -0.3 is 10.1 Å². The van der Waals surface area contributed by atoms with Crippen LogP contribution in [0, 0.1) is 0 Å². The Balaban J connectivity index is 1.66. The first-order valence-electron chi connectivity index (χ1n) is 5.47. The standard InChI is InChI=1S/C11H19NO/c1-2-6-11(7-3-1)13-9-10-5-4-8-12-10/h2,6,10-12H,1,3-5,7-9H2. The van der Waals surface area contributed by atoms with Gasteiger partial charge in [-0.3, -0.25) is 0 Å². The van der Waals surface area contributed by atoms with Crippen LogP contribution >= 0.6 is 0 Å². The number of hydrogen-bond donors (Lipinski definition) is 1. The molecule has 0 spiro atoms. The molecule has 74 valence electrons.